The summed E-state index contributed by atoms with van der Waals surface area (Å²) in [5, 5.41) is 9.26. The van der Waals surface area contributed by atoms with Gasteiger partial charge in [0.2, 0.25) is 0 Å². The highest BCUT2D eigenvalue weighted by atomic mass is 19.1. The van der Waals surface area contributed by atoms with Gasteiger partial charge in [-0.3, -0.25) is 0 Å². The maximum absolute atomic E-state index is 13.4. The summed E-state index contributed by atoms with van der Waals surface area (Å²) in [4.78, 5) is 0. The van der Waals surface area contributed by atoms with E-state index in [0.717, 1.165) is 17.7 Å². The molecule has 0 aliphatic rings. The molecule has 0 saturated carbocycles. The third kappa shape index (κ3) is 3.95. The van der Waals surface area contributed by atoms with Gasteiger partial charge in [0.15, 0.2) is 11.6 Å². The van der Waals surface area contributed by atoms with Gasteiger partial charge in [-0.15, -0.1) is 0 Å². The van der Waals surface area contributed by atoms with E-state index >= 15 is 0 Å². The Morgan fingerprint density at radius 1 is 1.18 bits per heavy atom. The van der Waals surface area contributed by atoms with Crippen LogP contribution in [0.5, 0.6) is 11.5 Å². The number of methoxy groups -OCH3 is 1. The zero-order chi connectivity index (χ0) is 15.9. The first-order valence-electron chi connectivity index (χ1n) is 6.75. The summed E-state index contributed by atoms with van der Waals surface area (Å²) in [5.74, 6) is -1.16. The van der Waals surface area contributed by atoms with Crippen molar-refractivity contribution >= 4 is 0 Å². The van der Waals surface area contributed by atoms with Crippen molar-refractivity contribution in [3.63, 3.8) is 0 Å². The quantitative estimate of drug-likeness (QED) is 0.808. The lowest BCUT2D eigenvalue weighted by Gasteiger charge is -2.12. The molecule has 1 atom stereocenters. The van der Waals surface area contributed by atoms with Gasteiger partial charge in [-0.1, -0.05) is 12.1 Å². The van der Waals surface area contributed by atoms with Crippen LogP contribution in [0.4, 0.5) is 8.78 Å². The number of hydrogen-bond donors (Lipinski definition) is 0. The van der Waals surface area contributed by atoms with Gasteiger partial charge in [0.05, 0.1) is 25.7 Å². The first kappa shape index (κ1) is 15.8. The van der Waals surface area contributed by atoms with Gasteiger partial charge in [-0.25, -0.2) is 8.78 Å². The lowest BCUT2D eigenvalue weighted by atomic mass is 9.97. The number of halogens is 2. The molecule has 1 unspecified atom stereocenters. The molecule has 5 heteroatoms. The molecule has 2 aromatic carbocycles. The summed E-state index contributed by atoms with van der Waals surface area (Å²) in [6.45, 7) is 0.151. The van der Waals surface area contributed by atoms with Crippen LogP contribution < -0.4 is 9.47 Å². The molecule has 3 nitrogen and oxygen atoms in total. The molecule has 22 heavy (non-hydrogen) atoms. The molecule has 114 valence electrons. The fraction of sp³-hybridized carbons (Fsp3) is 0.235. The van der Waals surface area contributed by atoms with E-state index < -0.39 is 17.6 Å². The Morgan fingerprint density at radius 3 is 2.68 bits per heavy atom. The van der Waals surface area contributed by atoms with Crippen molar-refractivity contribution < 1.29 is 18.3 Å². The number of hydrogen-bond acceptors (Lipinski definition) is 3. The highest BCUT2D eigenvalue weighted by Gasteiger charge is 2.12. The molecule has 0 heterocycles. The van der Waals surface area contributed by atoms with E-state index in [1.165, 1.54) is 6.07 Å². The lowest BCUT2D eigenvalue weighted by Crippen LogP contribution is -2.05. The van der Waals surface area contributed by atoms with Crippen LogP contribution in [-0.2, 0) is 0 Å². The summed E-state index contributed by atoms with van der Waals surface area (Å²) in [7, 11) is 1.56. The summed E-state index contributed by atoms with van der Waals surface area (Å²) in [6.07, 6.45) is 0.389. The Hall–Kier alpha value is -2.61. The van der Waals surface area contributed by atoms with Gasteiger partial charge in [0.25, 0.3) is 0 Å². The van der Waals surface area contributed by atoms with E-state index in [-0.39, 0.29) is 12.4 Å². The molecule has 0 N–H and O–H groups in total. The maximum atomic E-state index is 13.4. The van der Waals surface area contributed by atoms with Crippen molar-refractivity contribution in [3.05, 3.63) is 59.7 Å². The average Bonchev–Trinajstić information content (AvgIpc) is 2.53. The van der Waals surface area contributed by atoms with Crippen LogP contribution in [0.2, 0.25) is 0 Å². The van der Waals surface area contributed by atoms with Crippen LogP contribution >= 0.6 is 0 Å². The molecule has 0 fully saturated rings. The predicted molar refractivity (Wildman–Crippen MR) is 77.8 cm³/mol. The van der Waals surface area contributed by atoms with Gasteiger partial charge in [0.1, 0.15) is 11.6 Å². The van der Waals surface area contributed by atoms with Crippen LogP contribution in [0.25, 0.3) is 0 Å². The van der Waals surface area contributed by atoms with Crippen molar-refractivity contribution in [1.29, 1.82) is 5.26 Å². The molecule has 0 aliphatic carbocycles. The third-order valence-corrected chi connectivity index (χ3v) is 3.21. The molecule has 2 aromatic rings. The van der Waals surface area contributed by atoms with Crippen molar-refractivity contribution in [2.24, 2.45) is 0 Å². The summed E-state index contributed by atoms with van der Waals surface area (Å²) >= 11 is 0. The van der Waals surface area contributed by atoms with Crippen LogP contribution in [0, 0.1) is 23.0 Å². The normalized spacial score (nSPS) is 11.5. The SMILES string of the molecule is COc1cccc(C(C#N)CCOc2ccc(F)cc2F)c1. The molecule has 0 spiro atoms. The number of nitrogens with zero attached hydrogens (tertiary/aromatic N) is 1. The smallest absolute Gasteiger partial charge is 0.167 e. The molecule has 0 aliphatic heterocycles. The van der Waals surface area contributed by atoms with Gasteiger partial charge in [-0.05, 0) is 29.8 Å². The number of nitriles is 1. The van der Waals surface area contributed by atoms with E-state index in [4.69, 9.17) is 9.47 Å². The lowest BCUT2D eigenvalue weighted by molar-refractivity contribution is 0.290. The number of rotatable bonds is 6. The molecule has 0 aromatic heterocycles. The first-order valence-corrected chi connectivity index (χ1v) is 6.75. The van der Waals surface area contributed by atoms with E-state index in [1.807, 2.05) is 6.07 Å². The minimum absolute atomic E-state index is 0.0243. The zero-order valence-corrected chi connectivity index (χ0v) is 12.1. The Bertz CT molecular complexity index is 683. The van der Waals surface area contributed by atoms with E-state index in [1.54, 1.807) is 25.3 Å². The second-order valence-corrected chi connectivity index (χ2v) is 4.67. The fourth-order valence-corrected chi connectivity index (χ4v) is 2.04. The summed E-state index contributed by atoms with van der Waals surface area (Å²) < 4.78 is 36.6. The highest BCUT2D eigenvalue weighted by molar-refractivity contribution is 5.33. The van der Waals surface area contributed by atoms with Crippen molar-refractivity contribution in [2.45, 2.75) is 12.3 Å². The van der Waals surface area contributed by atoms with Gasteiger partial charge in [-0.2, -0.15) is 5.26 Å². The van der Waals surface area contributed by atoms with Crippen LogP contribution in [-0.4, -0.2) is 13.7 Å². The molecular formula is C17H15F2NO2. The third-order valence-electron chi connectivity index (χ3n) is 3.21. The monoisotopic (exact) mass is 303 g/mol. The Labute approximate surface area is 127 Å². The van der Waals surface area contributed by atoms with Gasteiger partial charge < -0.3 is 9.47 Å². The number of benzene rings is 2. The fourth-order valence-electron chi connectivity index (χ4n) is 2.04. The van der Waals surface area contributed by atoms with E-state index in [2.05, 4.69) is 6.07 Å². The van der Waals surface area contributed by atoms with E-state index in [0.29, 0.717) is 12.2 Å². The molecule has 0 radical (unpaired) electrons. The molecule has 0 bridgehead atoms. The minimum Gasteiger partial charge on any atom is -0.497 e. The van der Waals surface area contributed by atoms with E-state index in [9.17, 15) is 14.0 Å². The molecular weight excluding hydrogens is 288 g/mol. The first-order chi connectivity index (χ1) is 10.6. The predicted octanol–water partition coefficient (Wildman–Crippen LogP) is 4.05. The molecule has 0 amide bonds. The molecule has 2 rings (SSSR count). The van der Waals surface area contributed by atoms with Crippen molar-refractivity contribution in [3.8, 4) is 17.6 Å². The molecule has 0 saturated heterocycles. The topological polar surface area (TPSA) is 42.2 Å². The van der Waals surface area contributed by atoms with Crippen molar-refractivity contribution in [1.82, 2.24) is 0 Å². The maximum Gasteiger partial charge on any atom is 0.167 e. The zero-order valence-electron chi connectivity index (χ0n) is 12.1. The minimum atomic E-state index is -0.755. The van der Waals surface area contributed by atoms with Crippen LogP contribution in [0.1, 0.15) is 17.9 Å². The second kappa shape index (κ2) is 7.41. The number of ether oxygens (including phenoxy) is 2. The average molecular weight is 303 g/mol. The van der Waals surface area contributed by atoms with Crippen LogP contribution in [0.3, 0.4) is 0 Å². The largest absolute Gasteiger partial charge is 0.497 e. The van der Waals surface area contributed by atoms with Crippen LogP contribution in [0.15, 0.2) is 42.5 Å². The standard InChI is InChI=1S/C17H15F2NO2/c1-21-15-4-2-3-12(9-15)13(11-20)7-8-22-17-6-5-14(18)10-16(17)19/h2-6,9-10,13H,7-8H2,1H3. The second-order valence-electron chi connectivity index (χ2n) is 4.67. The van der Waals surface area contributed by atoms with Gasteiger partial charge in [0, 0.05) is 12.5 Å². The van der Waals surface area contributed by atoms with Crippen molar-refractivity contribution in [2.75, 3.05) is 13.7 Å². The Kier molecular flexibility index (Phi) is 5.31. The summed E-state index contributed by atoms with van der Waals surface area (Å²) in [5.41, 5.74) is 0.810. The van der Waals surface area contributed by atoms with Gasteiger partial charge >= 0.3 is 0 Å². The summed E-state index contributed by atoms with van der Waals surface area (Å²) in [6, 6.07) is 12.5. The Morgan fingerprint density at radius 2 is 2.00 bits per heavy atom. The highest BCUT2D eigenvalue weighted by Crippen LogP contribution is 2.24. The Balaban J connectivity index is 1.98.